The first kappa shape index (κ1) is 19.4. The fraction of sp³-hybridized carbons (Fsp3) is 0.167. The molecule has 0 unspecified atom stereocenters. The highest BCUT2D eigenvalue weighted by molar-refractivity contribution is 8.35. The standard InChI is InChI=1S/C24H18O2S4/c1-2-5-17-16(4-1)20(23-27-10-11-28-23)18-7-6-15(22-25-8-3-9-26-22)14-19(18)21(17)24-29-12-13-30-24/h1-2,4-7,10-14,22H,3,8-9H2. The van der Waals surface area contributed by atoms with Gasteiger partial charge >= 0.3 is 0 Å². The van der Waals surface area contributed by atoms with Crippen molar-refractivity contribution in [1.82, 2.24) is 0 Å². The van der Waals surface area contributed by atoms with Crippen LogP contribution in [0, 0.1) is 0 Å². The molecule has 1 fully saturated rings. The molecule has 0 aliphatic carbocycles. The van der Waals surface area contributed by atoms with Crippen LogP contribution in [0.5, 0.6) is 0 Å². The summed E-state index contributed by atoms with van der Waals surface area (Å²) in [5.41, 5.74) is 1.10. The maximum absolute atomic E-state index is 5.92. The minimum atomic E-state index is -0.275. The number of rotatable bonds is 1. The summed E-state index contributed by atoms with van der Waals surface area (Å²) in [5.74, 6) is 0. The number of ether oxygens (including phenoxy) is 2. The van der Waals surface area contributed by atoms with E-state index in [4.69, 9.17) is 9.47 Å². The second kappa shape index (κ2) is 8.34. The van der Waals surface area contributed by atoms with Crippen molar-refractivity contribution in [2.75, 3.05) is 13.2 Å². The molecular formula is C24H18O2S4. The van der Waals surface area contributed by atoms with E-state index in [1.807, 2.05) is 47.0 Å². The molecule has 2 nitrogen and oxygen atoms in total. The third kappa shape index (κ3) is 3.34. The Morgan fingerprint density at radius 3 is 1.77 bits per heavy atom. The Kier molecular flexibility index (Phi) is 5.39. The Labute approximate surface area is 191 Å². The van der Waals surface area contributed by atoms with Gasteiger partial charge in [0, 0.05) is 16.0 Å². The Morgan fingerprint density at radius 1 is 0.633 bits per heavy atom. The van der Waals surface area contributed by atoms with Crippen molar-refractivity contribution in [2.45, 2.75) is 12.7 Å². The monoisotopic (exact) mass is 466 g/mol. The number of thioether (sulfide) groups is 4. The van der Waals surface area contributed by atoms with E-state index in [2.05, 4.69) is 64.1 Å². The molecular weight excluding hydrogens is 449 g/mol. The summed E-state index contributed by atoms with van der Waals surface area (Å²) >= 11 is 7.25. The maximum Gasteiger partial charge on any atom is 0.183 e. The molecule has 0 saturated carbocycles. The van der Waals surface area contributed by atoms with Gasteiger partial charge in [0.15, 0.2) is 6.29 Å². The third-order valence-corrected chi connectivity index (χ3v) is 9.63. The van der Waals surface area contributed by atoms with E-state index in [1.54, 1.807) is 0 Å². The van der Waals surface area contributed by atoms with E-state index in [9.17, 15) is 0 Å². The fourth-order valence-electron chi connectivity index (χ4n) is 4.11. The predicted molar refractivity (Wildman–Crippen MR) is 135 cm³/mol. The van der Waals surface area contributed by atoms with Crippen LogP contribution in [0.25, 0.3) is 30.0 Å². The van der Waals surface area contributed by atoms with Crippen LogP contribution in [-0.4, -0.2) is 13.2 Å². The molecule has 0 spiro atoms. The lowest BCUT2D eigenvalue weighted by Gasteiger charge is -2.24. The zero-order valence-corrected chi connectivity index (χ0v) is 19.3. The lowest BCUT2D eigenvalue weighted by molar-refractivity contribution is -0.182. The molecule has 0 radical (unpaired) electrons. The molecule has 3 heterocycles. The van der Waals surface area contributed by atoms with Crippen molar-refractivity contribution in [3.05, 3.63) is 80.1 Å². The summed E-state index contributed by atoms with van der Waals surface area (Å²) in [6.45, 7) is 1.50. The first-order valence-corrected chi connectivity index (χ1v) is 13.3. The second-order valence-corrected chi connectivity index (χ2v) is 11.3. The summed E-state index contributed by atoms with van der Waals surface area (Å²) in [4.78, 5) is 0. The van der Waals surface area contributed by atoms with Gasteiger partial charge in [-0.2, -0.15) is 0 Å². The van der Waals surface area contributed by atoms with Crippen molar-refractivity contribution >= 4 is 77.1 Å². The van der Waals surface area contributed by atoms with Crippen molar-refractivity contribution in [1.29, 1.82) is 0 Å². The molecule has 3 aromatic carbocycles. The number of hydrogen-bond acceptors (Lipinski definition) is 6. The largest absolute Gasteiger partial charge is 0.348 e. The number of benzene rings is 3. The Morgan fingerprint density at radius 2 is 1.17 bits per heavy atom. The van der Waals surface area contributed by atoms with Crippen molar-refractivity contribution in [2.24, 2.45) is 0 Å². The average Bonchev–Trinajstić information content (AvgIpc) is 3.52. The summed E-state index contributed by atoms with van der Waals surface area (Å²) in [6, 6.07) is 15.6. The van der Waals surface area contributed by atoms with Crippen LogP contribution in [0.4, 0.5) is 0 Å². The minimum absolute atomic E-state index is 0.275. The zero-order valence-electron chi connectivity index (χ0n) is 16.0. The van der Waals surface area contributed by atoms with E-state index >= 15 is 0 Å². The Hall–Kier alpha value is -1.28. The summed E-state index contributed by atoms with van der Waals surface area (Å²) < 4.78 is 14.5. The van der Waals surface area contributed by atoms with Crippen LogP contribution < -0.4 is 10.4 Å². The number of fused-ring (bicyclic) bond motifs is 2. The van der Waals surface area contributed by atoms with Crippen molar-refractivity contribution in [3.63, 3.8) is 0 Å². The van der Waals surface area contributed by atoms with Gasteiger partial charge in [-0.25, -0.2) is 0 Å². The Balaban J connectivity index is 1.76. The van der Waals surface area contributed by atoms with E-state index in [1.165, 1.54) is 40.5 Å². The SMILES string of the molecule is C1=CSC(=c2c3ccccc3c(=C3SC=CS3)c3cc(C4OCCCO4)ccc23)S1. The van der Waals surface area contributed by atoms with E-state index < -0.39 is 0 Å². The van der Waals surface area contributed by atoms with Gasteiger partial charge in [0.05, 0.1) is 21.7 Å². The Bertz CT molecular complexity index is 1320. The molecule has 150 valence electrons. The molecule has 3 aliphatic heterocycles. The van der Waals surface area contributed by atoms with Crippen LogP contribution in [0.1, 0.15) is 18.3 Å². The molecule has 6 heteroatoms. The molecule has 0 atom stereocenters. The number of hydrogen-bond donors (Lipinski definition) is 0. The van der Waals surface area contributed by atoms with E-state index in [0.29, 0.717) is 0 Å². The maximum atomic E-state index is 5.92. The van der Waals surface area contributed by atoms with E-state index in [0.717, 1.165) is 25.2 Å². The van der Waals surface area contributed by atoms with Crippen LogP contribution in [0.3, 0.4) is 0 Å². The molecule has 0 N–H and O–H groups in total. The second-order valence-electron chi connectivity index (χ2n) is 7.12. The van der Waals surface area contributed by atoms with Crippen LogP contribution in [-0.2, 0) is 9.47 Å². The summed E-state index contributed by atoms with van der Waals surface area (Å²) in [6.07, 6.45) is 0.684. The molecule has 6 rings (SSSR count). The van der Waals surface area contributed by atoms with Crippen molar-refractivity contribution in [3.8, 4) is 0 Å². The highest BCUT2D eigenvalue weighted by Crippen LogP contribution is 2.41. The van der Waals surface area contributed by atoms with Gasteiger partial charge in [-0.05, 0) is 55.7 Å². The zero-order chi connectivity index (χ0) is 19.9. The van der Waals surface area contributed by atoms with Gasteiger partial charge in [0.2, 0.25) is 0 Å². The average molecular weight is 467 g/mol. The van der Waals surface area contributed by atoms with Crippen LogP contribution in [0.2, 0.25) is 0 Å². The molecule has 3 aliphatic rings. The highest BCUT2D eigenvalue weighted by atomic mass is 32.2. The van der Waals surface area contributed by atoms with Gasteiger partial charge < -0.3 is 9.47 Å². The van der Waals surface area contributed by atoms with Gasteiger partial charge in [-0.1, -0.05) is 83.4 Å². The molecule has 1 saturated heterocycles. The molecule has 0 bridgehead atoms. The lowest BCUT2D eigenvalue weighted by Crippen LogP contribution is -2.20. The minimum Gasteiger partial charge on any atom is -0.348 e. The topological polar surface area (TPSA) is 18.5 Å². The lowest BCUT2D eigenvalue weighted by atomic mass is 9.97. The smallest absolute Gasteiger partial charge is 0.183 e. The van der Waals surface area contributed by atoms with Gasteiger partial charge in [0.1, 0.15) is 0 Å². The molecule has 0 aromatic heterocycles. The molecule has 30 heavy (non-hydrogen) atoms. The quantitative estimate of drug-likeness (QED) is 0.380. The normalized spacial score (nSPS) is 19.6. The highest BCUT2D eigenvalue weighted by Gasteiger charge is 2.20. The summed E-state index contributed by atoms with van der Waals surface area (Å²) in [5, 5.41) is 16.5. The first-order valence-electron chi connectivity index (χ1n) is 9.83. The van der Waals surface area contributed by atoms with Crippen molar-refractivity contribution < 1.29 is 9.47 Å². The molecule has 3 aromatic rings. The summed E-state index contributed by atoms with van der Waals surface area (Å²) in [7, 11) is 0. The first-order chi connectivity index (χ1) is 14.9. The van der Waals surface area contributed by atoms with Gasteiger partial charge in [-0.3, -0.25) is 0 Å². The fourth-order valence-corrected chi connectivity index (χ4v) is 7.96. The van der Waals surface area contributed by atoms with Gasteiger partial charge in [0.25, 0.3) is 0 Å². The van der Waals surface area contributed by atoms with Crippen LogP contribution >= 0.6 is 47.0 Å². The molecule has 0 amide bonds. The van der Waals surface area contributed by atoms with Gasteiger partial charge in [-0.15, -0.1) is 0 Å². The van der Waals surface area contributed by atoms with Crippen LogP contribution in [0.15, 0.2) is 64.1 Å². The predicted octanol–water partition coefficient (Wildman–Crippen LogP) is 6.46. The third-order valence-electron chi connectivity index (χ3n) is 5.37. The van der Waals surface area contributed by atoms with E-state index in [-0.39, 0.29) is 6.29 Å².